The molecular formula is C29H30F2N8O4S. The summed E-state index contributed by atoms with van der Waals surface area (Å²) >= 11 is 1.25. The average Bonchev–Trinajstić information content (AvgIpc) is 3.68. The lowest BCUT2D eigenvalue weighted by Crippen LogP contribution is -2.51. The van der Waals surface area contributed by atoms with Gasteiger partial charge < -0.3 is 24.6 Å². The van der Waals surface area contributed by atoms with E-state index in [1.54, 1.807) is 89.8 Å². The molecule has 230 valence electrons. The van der Waals surface area contributed by atoms with E-state index in [2.05, 4.69) is 20.5 Å². The first-order valence-corrected chi connectivity index (χ1v) is 14.7. The molecular weight excluding hydrogens is 594 g/mol. The van der Waals surface area contributed by atoms with Crippen molar-refractivity contribution in [1.29, 1.82) is 0 Å². The van der Waals surface area contributed by atoms with Crippen molar-refractivity contribution in [3.63, 3.8) is 0 Å². The number of carbonyl (C=O) groups is 2. The van der Waals surface area contributed by atoms with Gasteiger partial charge in [0.05, 0.1) is 16.8 Å². The number of rotatable bonds is 6. The molecule has 44 heavy (non-hydrogen) atoms. The van der Waals surface area contributed by atoms with Crippen LogP contribution < -0.4 is 10.1 Å². The van der Waals surface area contributed by atoms with E-state index >= 15 is 0 Å². The van der Waals surface area contributed by atoms with Crippen molar-refractivity contribution in [1.82, 2.24) is 34.2 Å². The number of benzene rings is 1. The highest BCUT2D eigenvalue weighted by Crippen LogP contribution is 2.41. The van der Waals surface area contributed by atoms with Crippen molar-refractivity contribution < 1.29 is 27.8 Å². The topological polar surface area (TPSA) is 119 Å². The highest BCUT2D eigenvalue weighted by Gasteiger charge is 2.29. The van der Waals surface area contributed by atoms with Crippen LogP contribution in [0, 0.1) is 0 Å². The summed E-state index contributed by atoms with van der Waals surface area (Å²) in [5.41, 5.74) is 1.81. The third kappa shape index (κ3) is 6.00. The lowest BCUT2D eigenvalue weighted by molar-refractivity contribution is -0.0493. The van der Waals surface area contributed by atoms with Gasteiger partial charge in [-0.2, -0.15) is 19.0 Å². The normalized spacial score (nSPS) is 14.1. The zero-order chi connectivity index (χ0) is 31.2. The van der Waals surface area contributed by atoms with Crippen LogP contribution in [0.1, 0.15) is 30.4 Å². The Morgan fingerprint density at radius 2 is 1.82 bits per heavy atom. The van der Waals surface area contributed by atoms with E-state index in [-0.39, 0.29) is 11.7 Å². The average molecular weight is 625 g/mol. The van der Waals surface area contributed by atoms with Gasteiger partial charge >= 0.3 is 12.7 Å². The van der Waals surface area contributed by atoms with Gasteiger partial charge in [0.15, 0.2) is 5.65 Å². The number of fused-ring (bicyclic) bond motifs is 2. The summed E-state index contributed by atoms with van der Waals surface area (Å²) in [6, 6.07) is 6.64. The molecule has 15 heteroatoms. The van der Waals surface area contributed by atoms with E-state index in [0.717, 1.165) is 0 Å². The van der Waals surface area contributed by atoms with Gasteiger partial charge in [-0.3, -0.25) is 9.48 Å². The Morgan fingerprint density at radius 1 is 1.07 bits per heavy atom. The lowest BCUT2D eigenvalue weighted by atomic mass is 10.1. The number of ether oxygens (including phenoxy) is 2. The van der Waals surface area contributed by atoms with Gasteiger partial charge in [0.25, 0.3) is 5.91 Å². The Morgan fingerprint density at radius 3 is 2.55 bits per heavy atom. The molecule has 1 fully saturated rings. The monoisotopic (exact) mass is 624 g/mol. The number of halogens is 2. The zero-order valence-corrected chi connectivity index (χ0v) is 25.3. The van der Waals surface area contributed by atoms with E-state index in [1.807, 2.05) is 0 Å². The fourth-order valence-electron chi connectivity index (χ4n) is 4.96. The Balaban J connectivity index is 1.28. The molecule has 2 amide bonds. The molecule has 0 unspecified atom stereocenters. The third-order valence-electron chi connectivity index (χ3n) is 6.90. The highest BCUT2D eigenvalue weighted by atomic mass is 32.1. The maximum Gasteiger partial charge on any atom is 0.410 e. The van der Waals surface area contributed by atoms with Crippen LogP contribution in [-0.2, 0) is 11.8 Å². The molecule has 0 saturated carbocycles. The predicted octanol–water partition coefficient (Wildman–Crippen LogP) is 5.38. The molecule has 0 atom stereocenters. The summed E-state index contributed by atoms with van der Waals surface area (Å²) in [5, 5.41) is 12.7. The van der Waals surface area contributed by atoms with E-state index < -0.39 is 18.3 Å². The number of aryl methyl sites for hydroxylation is 1. The van der Waals surface area contributed by atoms with Gasteiger partial charge in [0.2, 0.25) is 0 Å². The van der Waals surface area contributed by atoms with Crippen molar-refractivity contribution in [2.24, 2.45) is 7.05 Å². The minimum Gasteiger partial charge on any atom is -0.444 e. The molecule has 12 nitrogen and oxygen atoms in total. The van der Waals surface area contributed by atoms with Gasteiger partial charge in [0.1, 0.15) is 22.7 Å². The number of amides is 2. The van der Waals surface area contributed by atoms with Crippen molar-refractivity contribution in [2.45, 2.75) is 33.0 Å². The summed E-state index contributed by atoms with van der Waals surface area (Å²) in [6.07, 6.45) is 6.33. The Hall–Kier alpha value is -4.79. The van der Waals surface area contributed by atoms with Crippen molar-refractivity contribution in [2.75, 3.05) is 31.5 Å². The van der Waals surface area contributed by atoms with Crippen LogP contribution in [0.2, 0.25) is 0 Å². The molecule has 5 aromatic rings. The number of hydrogen-bond donors (Lipinski definition) is 1. The number of nitrogens with one attached hydrogen (secondary N) is 1. The molecule has 5 heterocycles. The number of anilines is 2. The predicted molar refractivity (Wildman–Crippen MR) is 161 cm³/mol. The van der Waals surface area contributed by atoms with Crippen molar-refractivity contribution >= 4 is 50.4 Å². The molecule has 1 aliphatic heterocycles. The fourth-order valence-corrected chi connectivity index (χ4v) is 6.02. The Bertz CT molecular complexity index is 1850. The highest BCUT2D eigenvalue weighted by molar-refractivity contribution is 7.20. The van der Waals surface area contributed by atoms with Crippen molar-refractivity contribution in [3.05, 3.63) is 53.9 Å². The SMILES string of the molecule is Cn1cc(Nc2cnn3cccnc23)c(-c2cc3sc(C(=O)N4CCN(C(=O)OC(C)(C)C)CC4)cc3cc2OC(F)F)n1. The first kappa shape index (κ1) is 29.3. The Labute approximate surface area is 254 Å². The van der Waals surface area contributed by atoms with Gasteiger partial charge in [-0.05, 0) is 50.4 Å². The summed E-state index contributed by atoms with van der Waals surface area (Å²) in [6.45, 7) is 3.73. The van der Waals surface area contributed by atoms with Crippen LogP contribution in [0.25, 0.3) is 27.0 Å². The van der Waals surface area contributed by atoms with Gasteiger partial charge in [-0.15, -0.1) is 11.3 Å². The lowest BCUT2D eigenvalue weighted by Gasteiger charge is -2.35. The number of hydrogen-bond acceptors (Lipinski definition) is 9. The molecule has 1 saturated heterocycles. The van der Waals surface area contributed by atoms with E-state index in [9.17, 15) is 18.4 Å². The van der Waals surface area contributed by atoms with Crippen LogP contribution in [0.5, 0.6) is 5.75 Å². The molecule has 1 aromatic carbocycles. The maximum atomic E-state index is 13.6. The van der Waals surface area contributed by atoms with Gasteiger partial charge in [-0.25, -0.2) is 14.3 Å². The largest absolute Gasteiger partial charge is 0.444 e. The van der Waals surface area contributed by atoms with Gasteiger partial charge in [-0.1, -0.05) is 0 Å². The number of thiophene rings is 1. The number of piperazine rings is 1. The van der Waals surface area contributed by atoms with Crippen molar-refractivity contribution in [3.8, 4) is 17.0 Å². The second-order valence-electron chi connectivity index (χ2n) is 11.3. The standard InChI is InChI=1S/C29H30F2N8O4S/c1-29(2,3)43-28(41)38-10-8-37(9-11-38)26(40)23-13-17-12-21(42-27(30)31)18(14-22(17)44-23)24-20(16-36(4)35-24)34-19-15-33-39-7-5-6-32-25(19)39/h5-7,12-16,27,34H,8-11H2,1-4H3. The minimum atomic E-state index is -3.07. The van der Waals surface area contributed by atoms with Gasteiger partial charge in [0, 0.05) is 62.1 Å². The smallest absolute Gasteiger partial charge is 0.410 e. The third-order valence-corrected chi connectivity index (χ3v) is 7.98. The quantitative estimate of drug-likeness (QED) is 0.268. The Kier molecular flexibility index (Phi) is 7.57. The first-order chi connectivity index (χ1) is 20.9. The van der Waals surface area contributed by atoms with Crippen LogP contribution in [0.15, 0.2) is 49.1 Å². The number of alkyl halides is 2. The maximum absolute atomic E-state index is 13.6. The molecule has 0 aliphatic carbocycles. The van der Waals surface area contributed by atoms with Crippen LogP contribution in [-0.4, -0.2) is 84.6 Å². The summed E-state index contributed by atoms with van der Waals surface area (Å²) in [7, 11) is 1.72. The van der Waals surface area contributed by atoms with E-state index in [4.69, 9.17) is 9.47 Å². The second kappa shape index (κ2) is 11.4. The molecule has 1 aliphatic rings. The summed E-state index contributed by atoms with van der Waals surface area (Å²) in [4.78, 5) is 33.9. The zero-order valence-electron chi connectivity index (χ0n) is 24.5. The number of carbonyl (C=O) groups excluding carboxylic acids is 2. The molecule has 1 N–H and O–H groups in total. The molecule has 4 aromatic heterocycles. The molecule has 0 radical (unpaired) electrons. The number of nitrogens with zero attached hydrogens (tertiary/aromatic N) is 7. The number of aromatic nitrogens is 5. The first-order valence-electron chi connectivity index (χ1n) is 13.8. The summed E-state index contributed by atoms with van der Waals surface area (Å²) in [5.74, 6) is -0.274. The van der Waals surface area contributed by atoms with Crippen LogP contribution >= 0.6 is 11.3 Å². The van der Waals surface area contributed by atoms with E-state index in [1.165, 1.54) is 17.4 Å². The molecule has 0 bridgehead atoms. The summed E-state index contributed by atoms with van der Waals surface area (Å²) < 4.78 is 41.4. The minimum absolute atomic E-state index is 0.0741. The van der Waals surface area contributed by atoms with Crippen LogP contribution in [0.3, 0.4) is 0 Å². The fraction of sp³-hybridized carbons (Fsp3) is 0.345. The second-order valence-corrected chi connectivity index (χ2v) is 12.4. The van der Waals surface area contributed by atoms with Crippen LogP contribution in [0.4, 0.5) is 25.0 Å². The molecule has 6 rings (SSSR count). The molecule has 0 spiro atoms. The van der Waals surface area contributed by atoms with E-state index in [0.29, 0.717) is 69.4 Å².